The van der Waals surface area contributed by atoms with Crippen LogP contribution in [0.2, 0.25) is 0 Å². The van der Waals surface area contributed by atoms with Crippen LogP contribution in [0.4, 0.5) is 5.82 Å². The van der Waals surface area contributed by atoms with Gasteiger partial charge in [0.2, 0.25) is 0 Å². The number of piperidine rings is 1. The zero-order valence-electron chi connectivity index (χ0n) is 11.6. The minimum atomic E-state index is -0.557. The Morgan fingerprint density at radius 1 is 1.40 bits per heavy atom. The number of nitrogen functional groups attached to an aromatic ring is 1. The lowest BCUT2D eigenvalue weighted by molar-refractivity contribution is -0.0886. The fourth-order valence-electron chi connectivity index (χ4n) is 3.49. The molecule has 1 saturated heterocycles. The summed E-state index contributed by atoms with van der Waals surface area (Å²) >= 11 is 0. The second kappa shape index (κ2) is 5.05. The molecule has 0 spiro atoms. The zero-order valence-corrected chi connectivity index (χ0v) is 11.6. The van der Waals surface area contributed by atoms with E-state index in [1.165, 1.54) is 0 Å². The second-order valence-electron chi connectivity index (χ2n) is 6.00. The van der Waals surface area contributed by atoms with Crippen LogP contribution in [0.5, 0.6) is 0 Å². The molecule has 2 aliphatic rings. The summed E-state index contributed by atoms with van der Waals surface area (Å²) in [6.07, 6.45) is 4.79. The lowest BCUT2D eigenvalue weighted by Crippen LogP contribution is -2.54. The van der Waals surface area contributed by atoms with Crippen molar-refractivity contribution in [3.8, 4) is 0 Å². The Hall–Kier alpha value is -1.62. The van der Waals surface area contributed by atoms with Crippen LogP contribution in [0.3, 0.4) is 0 Å². The first-order valence-corrected chi connectivity index (χ1v) is 7.33. The van der Waals surface area contributed by atoms with Gasteiger partial charge in [0, 0.05) is 19.0 Å². The van der Waals surface area contributed by atoms with Gasteiger partial charge in [-0.05, 0) is 31.4 Å². The van der Waals surface area contributed by atoms with Crippen LogP contribution in [0.15, 0.2) is 18.2 Å². The number of nitrogens with two attached hydrogens (primary N) is 1. The minimum absolute atomic E-state index is 0.0788. The number of hydrogen-bond donors (Lipinski definition) is 2. The number of carbonyl (C=O) groups excluding carboxylic acids is 1. The highest BCUT2D eigenvalue weighted by molar-refractivity contribution is 5.92. The van der Waals surface area contributed by atoms with E-state index in [0.29, 0.717) is 31.0 Å². The minimum Gasteiger partial charge on any atom is -0.389 e. The molecule has 0 radical (unpaired) electrons. The van der Waals surface area contributed by atoms with Gasteiger partial charge in [-0.3, -0.25) is 4.79 Å². The summed E-state index contributed by atoms with van der Waals surface area (Å²) in [5, 5.41) is 10.6. The van der Waals surface area contributed by atoms with Gasteiger partial charge >= 0.3 is 0 Å². The number of nitrogens with zero attached hydrogens (tertiary/aromatic N) is 2. The van der Waals surface area contributed by atoms with Crippen molar-refractivity contribution in [1.82, 2.24) is 9.88 Å². The van der Waals surface area contributed by atoms with Crippen molar-refractivity contribution in [2.24, 2.45) is 5.92 Å². The highest BCUT2D eigenvalue weighted by atomic mass is 16.3. The number of hydrogen-bond acceptors (Lipinski definition) is 4. The summed E-state index contributed by atoms with van der Waals surface area (Å²) in [7, 11) is 0. The van der Waals surface area contributed by atoms with Gasteiger partial charge in [-0.1, -0.05) is 18.9 Å². The summed E-state index contributed by atoms with van der Waals surface area (Å²) in [6.45, 7) is 1.23. The monoisotopic (exact) mass is 275 g/mol. The van der Waals surface area contributed by atoms with Crippen LogP contribution in [-0.4, -0.2) is 39.6 Å². The van der Waals surface area contributed by atoms with Crippen LogP contribution in [-0.2, 0) is 0 Å². The van der Waals surface area contributed by atoms with Gasteiger partial charge in [-0.25, -0.2) is 4.98 Å². The molecule has 1 aromatic rings. The number of likely N-dealkylation sites (tertiary alicyclic amines) is 1. The molecule has 3 N–H and O–H groups in total. The zero-order chi connectivity index (χ0) is 14.2. The van der Waals surface area contributed by atoms with Crippen LogP contribution in [0.25, 0.3) is 0 Å². The van der Waals surface area contributed by atoms with E-state index in [-0.39, 0.29) is 11.8 Å². The van der Waals surface area contributed by atoms with Gasteiger partial charge in [-0.2, -0.15) is 0 Å². The molecule has 2 atom stereocenters. The molecule has 3 rings (SSSR count). The highest BCUT2D eigenvalue weighted by Gasteiger charge is 2.43. The molecule has 2 fully saturated rings. The molecule has 5 nitrogen and oxygen atoms in total. The van der Waals surface area contributed by atoms with E-state index in [9.17, 15) is 9.90 Å². The van der Waals surface area contributed by atoms with E-state index < -0.39 is 5.60 Å². The molecule has 0 aromatic carbocycles. The van der Waals surface area contributed by atoms with Crippen LogP contribution < -0.4 is 5.73 Å². The highest BCUT2D eigenvalue weighted by Crippen LogP contribution is 2.39. The Kier molecular flexibility index (Phi) is 3.38. The summed E-state index contributed by atoms with van der Waals surface area (Å²) < 4.78 is 0. The Morgan fingerprint density at radius 3 is 3.05 bits per heavy atom. The number of amides is 1. The maximum absolute atomic E-state index is 12.5. The first-order valence-electron chi connectivity index (χ1n) is 7.33. The molecule has 20 heavy (non-hydrogen) atoms. The second-order valence-corrected chi connectivity index (χ2v) is 6.00. The maximum atomic E-state index is 12.5. The molecule has 1 aliphatic carbocycles. The van der Waals surface area contributed by atoms with E-state index in [4.69, 9.17) is 5.73 Å². The standard InChI is InChI=1S/C15H21N3O2/c16-13-6-3-5-12(17-13)14(19)18-9-8-15(20)7-2-1-4-11(15)10-18/h3,5-6,11,20H,1-2,4,7-10H2,(H2,16,17). The number of carbonyl (C=O) groups is 1. The summed E-state index contributed by atoms with van der Waals surface area (Å²) in [5.41, 5.74) is 5.47. The predicted octanol–water partition coefficient (Wildman–Crippen LogP) is 1.43. The lowest BCUT2D eigenvalue weighted by Gasteiger charge is -2.47. The van der Waals surface area contributed by atoms with Gasteiger partial charge in [0.15, 0.2) is 0 Å². The number of rotatable bonds is 1. The first-order chi connectivity index (χ1) is 9.58. The number of aliphatic hydroxyl groups is 1. The quantitative estimate of drug-likeness (QED) is 0.812. The summed E-state index contributed by atoms with van der Waals surface area (Å²) in [4.78, 5) is 18.4. The molecule has 1 amide bonds. The molecule has 2 heterocycles. The smallest absolute Gasteiger partial charge is 0.272 e. The summed E-state index contributed by atoms with van der Waals surface area (Å²) in [5.74, 6) is 0.488. The fourth-order valence-corrected chi connectivity index (χ4v) is 3.49. The average molecular weight is 275 g/mol. The van der Waals surface area contributed by atoms with Crippen LogP contribution in [0.1, 0.15) is 42.6 Å². The van der Waals surface area contributed by atoms with Crippen molar-refractivity contribution in [3.63, 3.8) is 0 Å². The predicted molar refractivity (Wildman–Crippen MR) is 76.1 cm³/mol. The van der Waals surface area contributed by atoms with Crippen molar-refractivity contribution >= 4 is 11.7 Å². The van der Waals surface area contributed by atoms with Crippen molar-refractivity contribution < 1.29 is 9.90 Å². The molecule has 1 saturated carbocycles. The van der Waals surface area contributed by atoms with E-state index in [0.717, 1.165) is 25.7 Å². The third kappa shape index (κ3) is 2.38. The number of pyridine rings is 1. The fraction of sp³-hybridized carbons (Fsp3) is 0.600. The first kappa shape index (κ1) is 13.4. The Morgan fingerprint density at radius 2 is 2.25 bits per heavy atom. The van der Waals surface area contributed by atoms with E-state index in [1.807, 2.05) is 4.90 Å². The Balaban J connectivity index is 1.74. The van der Waals surface area contributed by atoms with Crippen LogP contribution >= 0.6 is 0 Å². The van der Waals surface area contributed by atoms with Gasteiger partial charge in [0.25, 0.3) is 5.91 Å². The van der Waals surface area contributed by atoms with E-state index >= 15 is 0 Å². The summed E-state index contributed by atoms with van der Waals surface area (Å²) in [6, 6.07) is 5.11. The van der Waals surface area contributed by atoms with Crippen molar-refractivity contribution in [3.05, 3.63) is 23.9 Å². The molecule has 2 unspecified atom stereocenters. The van der Waals surface area contributed by atoms with Crippen molar-refractivity contribution in [2.45, 2.75) is 37.7 Å². The molecule has 5 heteroatoms. The molecule has 1 aliphatic heterocycles. The average Bonchev–Trinajstić information content (AvgIpc) is 2.45. The number of aromatic nitrogens is 1. The molecule has 1 aromatic heterocycles. The SMILES string of the molecule is Nc1cccc(C(=O)N2CCC3(O)CCCCC3C2)n1. The third-order valence-electron chi connectivity index (χ3n) is 4.70. The molecule has 0 bridgehead atoms. The van der Waals surface area contributed by atoms with Gasteiger partial charge < -0.3 is 15.7 Å². The van der Waals surface area contributed by atoms with E-state index in [2.05, 4.69) is 4.98 Å². The Labute approximate surface area is 118 Å². The van der Waals surface area contributed by atoms with Gasteiger partial charge in [0.1, 0.15) is 11.5 Å². The third-order valence-corrected chi connectivity index (χ3v) is 4.70. The Bertz CT molecular complexity index is 520. The maximum Gasteiger partial charge on any atom is 0.272 e. The molecule has 108 valence electrons. The number of anilines is 1. The van der Waals surface area contributed by atoms with E-state index in [1.54, 1.807) is 18.2 Å². The van der Waals surface area contributed by atoms with Gasteiger partial charge in [-0.15, -0.1) is 0 Å². The molecular formula is C15H21N3O2. The molecular weight excluding hydrogens is 254 g/mol. The van der Waals surface area contributed by atoms with Crippen molar-refractivity contribution in [1.29, 1.82) is 0 Å². The normalized spacial score (nSPS) is 29.9. The largest absolute Gasteiger partial charge is 0.389 e. The topological polar surface area (TPSA) is 79.5 Å². The van der Waals surface area contributed by atoms with Crippen LogP contribution in [0, 0.1) is 5.92 Å². The number of fused-ring (bicyclic) bond motifs is 1. The van der Waals surface area contributed by atoms with Gasteiger partial charge in [0.05, 0.1) is 5.60 Å². The van der Waals surface area contributed by atoms with Crippen molar-refractivity contribution in [2.75, 3.05) is 18.8 Å². The lowest BCUT2D eigenvalue weighted by atomic mass is 9.71.